The van der Waals surface area contributed by atoms with Crippen LogP contribution >= 0.6 is 0 Å². The maximum atomic E-state index is 12.9. The van der Waals surface area contributed by atoms with Crippen LogP contribution in [0.1, 0.15) is 40.2 Å². The van der Waals surface area contributed by atoms with Crippen molar-refractivity contribution in [1.29, 1.82) is 0 Å². The lowest BCUT2D eigenvalue weighted by Gasteiger charge is -2.17. The van der Waals surface area contributed by atoms with Crippen LogP contribution in [0.15, 0.2) is 47.4 Å². The summed E-state index contributed by atoms with van der Waals surface area (Å²) in [5.74, 6) is -0.189. The number of carbonyl (C=O) groups excluding carboxylic acids is 1. The number of hydrogen-bond donors (Lipinski definition) is 0. The van der Waals surface area contributed by atoms with Crippen LogP contribution in [-0.2, 0) is 4.74 Å². The Kier molecular flexibility index (Phi) is 4.46. The Morgan fingerprint density at radius 2 is 1.82 bits per heavy atom. The molecule has 0 atom stereocenters. The van der Waals surface area contributed by atoms with Gasteiger partial charge in [0.2, 0.25) is 0 Å². The smallest absolute Gasteiger partial charge is 0.343 e. The van der Waals surface area contributed by atoms with Crippen LogP contribution in [0, 0.1) is 6.92 Å². The highest BCUT2D eigenvalue weighted by Crippen LogP contribution is 2.43. The molecule has 5 nitrogen and oxygen atoms in total. The number of aromatic nitrogens is 1. The van der Waals surface area contributed by atoms with Crippen molar-refractivity contribution in [3.8, 4) is 11.1 Å². The van der Waals surface area contributed by atoms with Crippen molar-refractivity contribution in [3.63, 3.8) is 0 Å². The molecule has 28 heavy (non-hydrogen) atoms. The zero-order valence-electron chi connectivity index (χ0n) is 16.7. The van der Waals surface area contributed by atoms with Crippen LogP contribution in [0.4, 0.5) is 5.69 Å². The Bertz CT molecular complexity index is 1120. The average Bonchev–Trinajstić information content (AvgIpc) is 3.53. The molecule has 0 bridgehead atoms. The minimum atomic E-state index is -0.581. The predicted molar refractivity (Wildman–Crippen MR) is 111 cm³/mol. The van der Waals surface area contributed by atoms with Gasteiger partial charge in [-0.3, -0.25) is 9.20 Å². The van der Waals surface area contributed by atoms with Crippen molar-refractivity contribution in [3.05, 3.63) is 69.6 Å². The fourth-order valence-electron chi connectivity index (χ4n) is 3.81. The normalized spacial score (nSPS) is 13.6. The molecule has 0 radical (unpaired) electrons. The first-order chi connectivity index (χ1) is 13.4. The number of esters is 1. The Hall–Kier alpha value is -3.08. The number of anilines is 1. The molecule has 1 aromatic carbocycles. The molecule has 0 saturated heterocycles. The number of carbonyl (C=O) groups is 1. The van der Waals surface area contributed by atoms with Crippen LogP contribution in [0.25, 0.3) is 16.6 Å². The largest absolute Gasteiger partial charge is 0.465 e. The molecular weight excluding hydrogens is 352 g/mol. The molecule has 3 aromatic rings. The molecule has 2 heterocycles. The van der Waals surface area contributed by atoms with Gasteiger partial charge in [-0.15, -0.1) is 0 Å². The molecule has 144 valence electrons. The number of methoxy groups -OCH3 is 1. The fraction of sp³-hybridized carbons (Fsp3) is 0.304. The number of benzene rings is 1. The number of fused-ring (bicyclic) bond motifs is 1. The maximum absolute atomic E-state index is 12.9. The van der Waals surface area contributed by atoms with Crippen LogP contribution in [0.2, 0.25) is 0 Å². The first-order valence-electron chi connectivity index (χ1n) is 9.47. The zero-order chi connectivity index (χ0) is 20.0. The molecule has 0 aliphatic heterocycles. The lowest BCUT2D eigenvalue weighted by atomic mass is 9.96. The number of ether oxygens (including phenoxy) is 1. The molecule has 0 amide bonds. The van der Waals surface area contributed by atoms with E-state index >= 15 is 0 Å². The molecule has 5 heteroatoms. The number of aryl methyl sites for hydroxylation is 1. The van der Waals surface area contributed by atoms with Crippen LogP contribution in [-0.4, -0.2) is 31.6 Å². The van der Waals surface area contributed by atoms with Gasteiger partial charge in [0.25, 0.3) is 5.56 Å². The van der Waals surface area contributed by atoms with Crippen molar-refractivity contribution in [2.45, 2.75) is 25.7 Å². The summed E-state index contributed by atoms with van der Waals surface area (Å²) < 4.78 is 6.42. The molecule has 0 unspecified atom stereocenters. The van der Waals surface area contributed by atoms with Gasteiger partial charge in [-0.1, -0.05) is 12.1 Å². The standard InChI is InChI=1S/C23H24N2O3/c1-14-18(15-7-9-17(10-8-15)24(2)3)11-12-25-21(14)19(16-5-6-16)13-20(22(25)26)23(27)28-4/h7-13,16H,5-6H2,1-4H3. The molecule has 1 aliphatic rings. The first-order valence-corrected chi connectivity index (χ1v) is 9.47. The summed E-state index contributed by atoms with van der Waals surface area (Å²) in [5, 5.41) is 0. The third-order valence-electron chi connectivity index (χ3n) is 5.53. The van der Waals surface area contributed by atoms with Crippen LogP contribution < -0.4 is 10.5 Å². The summed E-state index contributed by atoms with van der Waals surface area (Å²) in [7, 11) is 5.34. The summed E-state index contributed by atoms with van der Waals surface area (Å²) in [6.45, 7) is 2.05. The molecule has 1 fully saturated rings. The van der Waals surface area contributed by atoms with Gasteiger partial charge in [-0.25, -0.2) is 4.79 Å². The third kappa shape index (κ3) is 2.97. The minimum absolute atomic E-state index is 0.101. The predicted octanol–water partition coefficient (Wildman–Crippen LogP) is 4.00. The van der Waals surface area contributed by atoms with Gasteiger partial charge in [-0.2, -0.15) is 0 Å². The number of rotatable bonds is 4. The van der Waals surface area contributed by atoms with E-state index in [1.54, 1.807) is 16.7 Å². The Morgan fingerprint density at radius 1 is 1.14 bits per heavy atom. The van der Waals surface area contributed by atoms with E-state index in [0.717, 1.165) is 46.3 Å². The molecule has 2 aromatic heterocycles. The average molecular weight is 376 g/mol. The van der Waals surface area contributed by atoms with E-state index in [-0.39, 0.29) is 11.1 Å². The molecule has 4 rings (SSSR count). The highest BCUT2D eigenvalue weighted by Gasteiger charge is 2.29. The van der Waals surface area contributed by atoms with E-state index in [9.17, 15) is 9.59 Å². The van der Waals surface area contributed by atoms with Crippen molar-refractivity contribution in [2.75, 3.05) is 26.1 Å². The lowest BCUT2D eigenvalue weighted by Crippen LogP contribution is -2.24. The van der Waals surface area contributed by atoms with Gasteiger partial charge in [-0.05, 0) is 72.2 Å². The number of hydrogen-bond acceptors (Lipinski definition) is 4. The van der Waals surface area contributed by atoms with Crippen molar-refractivity contribution >= 4 is 17.2 Å². The number of pyridine rings is 2. The summed E-state index contributed by atoms with van der Waals surface area (Å²) >= 11 is 0. The van der Waals surface area contributed by atoms with Crippen LogP contribution in [0.3, 0.4) is 0 Å². The second-order valence-corrected chi connectivity index (χ2v) is 7.60. The maximum Gasteiger partial charge on any atom is 0.343 e. The van der Waals surface area contributed by atoms with E-state index in [2.05, 4.69) is 29.2 Å². The Labute approximate surface area is 164 Å². The van der Waals surface area contributed by atoms with Crippen molar-refractivity contribution < 1.29 is 9.53 Å². The summed E-state index contributed by atoms with van der Waals surface area (Å²) in [5.41, 5.74) is 6.14. The minimum Gasteiger partial charge on any atom is -0.465 e. The topological polar surface area (TPSA) is 51.0 Å². The molecule has 0 N–H and O–H groups in total. The van der Waals surface area contributed by atoms with E-state index in [1.165, 1.54) is 7.11 Å². The van der Waals surface area contributed by atoms with E-state index < -0.39 is 5.97 Å². The first kappa shape index (κ1) is 18.3. The zero-order valence-corrected chi connectivity index (χ0v) is 16.7. The SMILES string of the molecule is COC(=O)c1cc(C2CC2)c2c(C)c(-c3ccc(N(C)C)cc3)ccn2c1=O. The van der Waals surface area contributed by atoms with Crippen molar-refractivity contribution in [2.24, 2.45) is 0 Å². The van der Waals surface area contributed by atoms with Gasteiger partial charge in [0.1, 0.15) is 5.56 Å². The summed E-state index contributed by atoms with van der Waals surface area (Å²) in [6.07, 6.45) is 3.93. The van der Waals surface area contributed by atoms with Gasteiger partial charge < -0.3 is 9.64 Å². The van der Waals surface area contributed by atoms with Gasteiger partial charge in [0, 0.05) is 26.0 Å². The second kappa shape index (κ2) is 6.82. The van der Waals surface area contributed by atoms with Gasteiger partial charge in [0.05, 0.1) is 12.6 Å². The number of nitrogens with zero attached hydrogens (tertiary/aromatic N) is 2. The highest BCUT2D eigenvalue weighted by atomic mass is 16.5. The summed E-state index contributed by atoms with van der Waals surface area (Å²) in [6, 6.07) is 12.1. The molecule has 1 aliphatic carbocycles. The van der Waals surface area contributed by atoms with Gasteiger partial charge >= 0.3 is 5.97 Å². The molecule has 0 spiro atoms. The fourth-order valence-corrected chi connectivity index (χ4v) is 3.81. The highest BCUT2D eigenvalue weighted by molar-refractivity contribution is 5.90. The van der Waals surface area contributed by atoms with E-state index in [4.69, 9.17) is 4.74 Å². The lowest BCUT2D eigenvalue weighted by molar-refractivity contribution is 0.0598. The molecular formula is C23H24N2O3. The third-order valence-corrected chi connectivity index (χ3v) is 5.53. The summed E-state index contributed by atoms with van der Waals surface area (Å²) in [4.78, 5) is 27.1. The second-order valence-electron chi connectivity index (χ2n) is 7.60. The monoisotopic (exact) mass is 376 g/mol. The van der Waals surface area contributed by atoms with Gasteiger partial charge in [0.15, 0.2) is 0 Å². The van der Waals surface area contributed by atoms with Crippen LogP contribution in [0.5, 0.6) is 0 Å². The van der Waals surface area contributed by atoms with E-state index in [1.807, 2.05) is 27.1 Å². The molecule has 1 saturated carbocycles. The Morgan fingerprint density at radius 3 is 2.39 bits per heavy atom. The van der Waals surface area contributed by atoms with Crippen molar-refractivity contribution in [1.82, 2.24) is 4.40 Å². The quantitative estimate of drug-likeness (QED) is 0.646. The Balaban J connectivity index is 1.95. The van der Waals surface area contributed by atoms with E-state index in [0.29, 0.717) is 5.92 Å².